The van der Waals surface area contributed by atoms with Crippen molar-refractivity contribution in [2.24, 2.45) is 0 Å². The molecule has 0 aliphatic carbocycles. The Bertz CT molecular complexity index is 3420. The maximum absolute atomic E-state index is 6.99. The van der Waals surface area contributed by atoms with E-state index < -0.39 is 0 Å². The molecule has 0 radical (unpaired) electrons. The maximum Gasteiger partial charge on any atom is 0.135 e. The van der Waals surface area contributed by atoms with Gasteiger partial charge in [0.1, 0.15) is 11.5 Å². The van der Waals surface area contributed by atoms with Crippen molar-refractivity contribution in [3.05, 3.63) is 224 Å². The highest BCUT2D eigenvalue weighted by molar-refractivity contribution is 7.26. The van der Waals surface area contributed by atoms with E-state index in [0.717, 1.165) is 61.9 Å². The van der Waals surface area contributed by atoms with Gasteiger partial charge in [0.2, 0.25) is 0 Å². The van der Waals surface area contributed by atoms with Gasteiger partial charge in [-0.2, -0.15) is 0 Å². The van der Waals surface area contributed by atoms with Gasteiger partial charge < -0.3 is 9.64 Å². The lowest BCUT2D eigenvalue weighted by Crippen LogP contribution is -2.10. The summed E-state index contributed by atoms with van der Waals surface area (Å²) in [6.07, 6.45) is 0. The number of fused-ring (bicyclic) bond motifs is 9. The molecule has 0 amide bonds. The van der Waals surface area contributed by atoms with Gasteiger partial charge in [-0.05, 0) is 128 Å². The zero-order valence-electron chi connectivity index (χ0n) is 33.1. The van der Waals surface area contributed by atoms with E-state index in [-0.39, 0.29) is 0 Å². The van der Waals surface area contributed by atoms with E-state index in [1.54, 1.807) is 0 Å². The summed E-state index contributed by atoms with van der Waals surface area (Å²) < 4.78 is 9.62. The fourth-order valence-electron chi connectivity index (χ4n) is 9.05. The molecule has 12 rings (SSSR count). The van der Waals surface area contributed by atoms with Crippen LogP contribution in [0.5, 0.6) is 11.5 Å². The molecule has 11 aromatic rings. The van der Waals surface area contributed by atoms with E-state index in [2.05, 4.69) is 229 Å². The minimum absolute atomic E-state index is 0.829. The highest BCUT2D eigenvalue weighted by Gasteiger charge is 2.24. The van der Waals surface area contributed by atoms with Crippen molar-refractivity contribution in [2.75, 3.05) is 4.90 Å². The lowest BCUT2D eigenvalue weighted by Gasteiger charge is -2.27. The van der Waals surface area contributed by atoms with E-state index in [9.17, 15) is 0 Å². The SMILES string of the molecule is c1ccc(-c2ccc(N(c3ccc(-c4cccc5c4sc4ccccc45)cc3)c3ccc4c(c3)-c3cc5ccccc5cc3-c3ccc(-c5ccccc5)cc3O4)cc2)cc1. The van der Waals surface area contributed by atoms with Crippen LogP contribution in [0, 0.1) is 0 Å². The first-order valence-corrected chi connectivity index (χ1v) is 21.5. The molecule has 3 heteroatoms. The van der Waals surface area contributed by atoms with Crippen molar-refractivity contribution in [3.8, 4) is 67.1 Å². The van der Waals surface area contributed by atoms with Crippen LogP contribution in [-0.4, -0.2) is 0 Å². The number of rotatable bonds is 6. The maximum atomic E-state index is 6.99. The van der Waals surface area contributed by atoms with Crippen molar-refractivity contribution in [3.63, 3.8) is 0 Å². The molecule has 2 nitrogen and oxygen atoms in total. The smallest absolute Gasteiger partial charge is 0.135 e. The fourth-order valence-corrected chi connectivity index (χ4v) is 10.3. The van der Waals surface area contributed by atoms with E-state index in [1.807, 2.05) is 11.3 Å². The van der Waals surface area contributed by atoms with E-state index >= 15 is 0 Å². The van der Waals surface area contributed by atoms with Crippen molar-refractivity contribution < 1.29 is 4.74 Å². The summed E-state index contributed by atoms with van der Waals surface area (Å²) in [5.41, 5.74) is 14.7. The molecule has 0 atom stereocenters. The molecule has 0 saturated carbocycles. The molecule has 0 spiro atoms. The Morgan fingerprint density at radius 1 is 0.311 bits per heavy atom. The number of hydrogen-bond donors (Lipinski definition) is 0. The summed E-state index contributed by atoms with van der Waals surface area (Å²) in [6.45, 7) is 0. The summed E-state index contributed by atoms with van der Waals surface area (Å²) in [5, 5.41) is 5.01. The number of anilines is 3. The van der Waals surface area contributed by atoms with Gasteiger partial charge in [-0.25, -0.2) is 0 Å². The first-order chi connectivity index (χ1) is 30.2. The summed E-state index contributed by atoms with van der Waals surface area (Å²) in [6, 6.07) is 81.1. The first kappa shape index (κ1) is 35.2. The molecule has 2 heterocycles. The lowest BCUT2D eigenvalue weighted by atomic mass is 9.90. The molecule has 0 N–H and O–H groups in total. The van der Waals surface area contributed by atoms with Crippen LogP contribution < -0.4 is 9.64 Å². The minimum atomic E-state index is 0.829. The molecule has 1 aliphatic rings. The second-order valence-electron chi connectivity index (χ2n) is 15.7. The Labute approximate surface area is 358 Å². The quantitative estimate of drug-likeness (QED) is 0.166. The standard InChI is InChI=1S/C58H37NOS/c1-3-12-38(13-4-1)40-22-27-45(28-23-40)59(46-29-24-41(25-30-46)48-19-11-20-51-50-18-9-10-21-57(50)61-58(48)51)47-31-33-55-54(37-47)53-35-43-17-8-7-16-42(43)34-52(53)49-32-26-44(36-56(49)60-55)39-14-5-2-6-15-39/h1-37H. The van der Waals surface area contributed by atoms with Crippen molar-refractivity contribution in [2.45, 2.75) is 0 Å². The third kappa shape index (κ3) is 6.18. The Hall–Kier alpha value is -7.72. The van der Waals surface area contributed by atoms with Crippen LogP contribution in [0.4, 0.5) is 17.1 Å². The Morgan fingerprint density at radius 3 is 1.59 bits per heavy atom. The average molecular weight is 796 g/mol. The Morgan fingerprint density at radius 2 is 0.869 bits per heavy atom. The van der Waals surface area contributed by atoms with E-state index in [4.69, 9.17) is 4.74 Å². The third-order valence-corrected chi connectivity index (χ3v) is 13.3. The lowest BCUT2D eigenvalue weighted by molar-refractivity contribution is 0.488. The zero-order chi connectivity index (χ0) is 40.3. The second-order valence-corrected chi connectivity index (χ2v) is 16.7. The van der Waals surface area contributed by atoms with Crippen LogP contribution in [0.25, 0.3) is 86.6 Å². The summed E-state index contributed by atoms with van der Waals surface area (Å²) >= 11 is 1.87. The first-order valence-electron chi connectivity index (χ1n) is 20.7. The largest absolute Gasteiger partial charge is 0.456 e. The van der Waals surface area contributed by atoms with Gasteiger partial charge in [-0.3, -0.25) is 0 Å². The van der Waals surface area contributed by atoms with Crippen LogP contribution in [0.3, 0.4) is 0 Å². The molecule has 10 aromatic carbocycles. The highest BCUT2D eigenvalue weighted by atomic mass is 32.1. The molecule has 0 saturated heterocycles. The van der Waals surface area contributed by atoms with Gasteiger partial charge in [-0.15, -0.1) is 11.3 Å². The molecule has 286 valence electrons. The molecule has 1 aliphatic heterocycles. The monoisotopic (exact) mass is 795 g/mol. The second kappa shape index (κ2) is 14.5. The molecule has 1 aromatic heterocycles. The molecule has 61 heavy (non-hydrogen) atoms. The van der Waals surface area contributed by atoms with Crippen LogP contribution in [0.1, 0.15) is 0 Å². The van der Waals surface area contributed by atoms with Crippen LogP contribution >= 0.6 is 11.3 Å². The van der Waals surface area contributed by atoms with E-state index in [0.29, 0.717) is 0 Å². The number of hydrogen-bond acceptors (Lipinski definition) is 3. The third-order valence-electron chi connectivity index (χ3n) is 12.1. The van der Waals surface area contributed by atoms with Gasteiger partial charge in [0, 0.05) is 48.4 Å². The molecule has 0 bridgehead atoms. The molecule has 0 unspecified atom stereocenters. The average Bonchev–Trinajstić information content (AvgIpc) is 3.66. The molecular weight excluding hydrogens is 759 g/mol. The molecular formula is C58H37NOS. The number of thiophene rings is 1. The summed E-state index contributed by atoms with van der Waals surface area (Å²) in [4.78, 5) is 2.37. The van der Waals surface area contributed by atoms with Crippen LogP contribution in [-0.2, 0) is 0 Å². The number of benzene rings is 10. The van der Waals surface area contributed by atoms with Gasteiger partial charge in [0.25, 0.3) is 0 Å². The fraction of sp³-hybridized carbons (Fsp3) is 0. The minimum Gasteiger partial charge on any atom is -0.456 e. The predicted molar refractivity (Wildman–Crippen MR) is 259 cm³/mol. The Kier molecular flexibility index (Phi) is 8.39. The molecule has 0 fully saturated rings. The van der Waals surface area contributed by atoms with Gasteiger partial charge in [0.15, 0.2) is 0 Å². The summed E-state index contributed by atoms with van der Waals surface area (Å²) in [7, 11) is 0. The summed E-state index contributed by atoms with van der Waals surface area (Å²) in [5.74, 6) is 1.68. The highest BCUT2D eigenvalue weighted by Crippen LogP contribution is 2.51. The van der Waals surface area contributed by atoms with Gasteiger partial charge >= 0.3 is 0 Å². The number of ether oxygens (including phenoxy) is 1. The van der Waals surface area contributed by atoms with Crippen molar-refractivity contribution >= 4 is 59.3 Å². The van der Waals surface area contributed by atoms with Gasteiger partial charge in [0.05, 0.1) is 0 Å². The normalized spacial score (nSPS) is 11.7. The van der Waals surface area contributed by atoms with E-state index in [1.165, 1.54) is 53.2 Å². The predicted octanol–water partition coefficient (Wildman–Crippen LogP) is 17.1. The van der Waals surface area contributed by atoms with Crippen molar-refractivity contribution in [1.82, 2.24) is 0 Å². The Balaban J connectivity index is 1.01. The van der Waals surface area contributed by atoms with Crippen molar-refractivity contribution in [1.29, 1.82) is 0 Å². The van der Waals surface area contributed by atoms with Crippen LogP contribution in [0.2, 0.25) is 0 Å². The van der Waals surface area contributed by atoms with Crippen LogP contribution in [0.15, 0.2) is 224 Å². The topological polar surface area (TPSA) is 12.5 Å². The number of nitrogens with zero attached hydrogens (tertiary/aromatic N) is 1. The van der Waals surface area contributed by atoms with Gasteiger partial charge in [-0.1, -0.05) is 152 Å². The zero-order valence-corrected chi connectivity index (χ0v) is 33.9.